The average molecular weight is 268 g/mol. The second-order valence-electron chi connectivity index (χ2n) is 6.59. The zero-order valence-corrected chi connectivity index (χ0v) is 11.5. The Labute approximate surface area is 114 Å². The van der Waals surface area contributed by atoms with Crippen LogP contribution in [0.5, 0.6) is 0 Å². The van der Waals surface area contributed by atoms with Gasteiger partial charge in [0.2, 0.25) is 0 Å². The molecule has 3 N–H and O–H groups in total. The number of fused-ring (bicyclic) bond motifs is 2. The Morgan fingerprint density at radius 2 is 2.21 bits per heavy atom. The number of aliphatic hydroxyl groups is 1. The highest BCUT2D eigenvalue weighted by molar-refractivity contribution is 5.74. The van der Waals surface area contributed by atoms with Gasteiger partial charge in [0.05, 0.1) is 24.9 Å². The van der Waals surface area contributed by atoms with Crippen molar-refractivity contribution < 1.29 is 14.6 Å². The maximum absolute atomic E-state index is 12.1. The van der Waals surface area contributed by atoms with Gasteiger partial charge in [0, 0.05) is 11.5 Å². The lowest BCUT2D eigenvalue weighted by Crippen LogP contribution is -2.52. The monoisotopic (exact) mass is 268 g/mol. The molecule has 0 radical (unpaired) electrons. The summed E-state index contributed by atoms with van der Waals surface area (Å²) in [5.74, 6) is 0. The second kappa shape index (κ2) is 4.94. The summed E-state index contributed by atoms with van der Waals surface area (Å²) in [6.45, 7) is 2.18. The highest BCUT2D eigenvalue weighted by atomic mass is 16.5. The second-order valence-corrected chi connectivity index (χ2v) is 6.59. The van der Waals surface area contributed by atoms with Crippen LogP contribution in [0.15, 0.2) is 0 Å². The molecule has 3 fully saturated rings. The van der Waals surface area contributed by atoms with Crippen molar-refractivity contribution in [1.82, 2.24) is 10.6 Å². The quantitative estimate of drug-likeness (QED) is 0.719. The summed E-state index contributed by atoms with van der Waals surface area (Å²) < 4.78 is 5.74. The topological polar surface area (TPSA) is 70.6 Å². The van der Waals surface area contributed by atoms with E-state index in [0.29, 0.717) is 6.10 Å². The molecular formula is C14H24N2O3. The highest BCUT2D eigenvalue weighted by Gasteiger charge is 2.43. The third-order valence-electron chi connectivity index (χ3n) is 5.17. The molecule has 5 nitrogen and oxygen atoms in total. The van der Waals surface area contributed by atoms with Crippen LogP contribution in [0.2, 0.25) is 0 Å². The molecule has 2 saturated heterocycles. The van der Waals surface area contributed by atoms with Crippen LogP contribution in [0.25, 0.3) is 0 Å². The van der Waals surface area contributed by atoms with E-state index >= 15 is 0 Å². The lowest BCUT2D eigenvalue weighted by atomic mass is 9.86. The lowest BCUT2D eigenvalue weighted by Gasteiger charge is -2.31. The molecular weight excluding hydrogens is 244 g/mol. The van der Waals surface area contributed by atoms with E-state index in [0.717, 1.165) is 38.5 Å². The van der Waals surface area contributed by atoms with Gasteiger partial charge in [0.1, 0.15) is 0 Å². The predicted octanol–water partition coefficient (Wildman–Crippen LogP) is 1.16. The Morgan fingerprint density at radius 1 is 1.37 bits per heavy atom. The summed E-state index contributed by atoms with van der Waals surface area (Å²) in [6.07, 6.45) is 6.71. The van der Waals surface area contributed by atoms with E-state index < -0.39 is 0 Å². The van der Waals surface area contributed by atoms with Crippen molar-refractivity contribution in [2.75, 3.05) is 6.61 Å². The van der Waals surface area contributed by atoms with E-state index in [1.807, 2.05) is 6.92 Å². The third-order valence-corrected chi connectivity index (χ3v) is 5.17. The summed E-state index contributed by atoms with van der Waals surface area (Å²) >= 11 is 0. The fourth-order valence-corrected chi connectivity index (χ4v) is 3.83. The maximum Gasteiger partial charge on any atom is 0.315 e. The normalized spacial score (nSPS) is 44.5. The van der Waals surface area contributed by atoms with Crippen LogP contribution in [0.1, 0.15) is 45.4 Å². The first kappa shape index (κ1) is 13.2. The Balaban J connectivity index is 1.51. The fraction of sp³-hybridized carbons (Fsp3) is 0.929. The number of hydrogen-bond donors (Lipinski definition) is 3. The lowest BCUT2D eigenvalue weighted by molar-refractivity contribution is 0.0971. The smallest absolute Gasteiger partial charge is 0.315 e. The Morgan fingerprint density at radius 3 is 2.84 bits per heavy atom. The average Bonchev–Trinajstić information content (AvgIpc) is 3.07. The van der Waals surface area contributed by atoms with Crippen molar-refractivity contribution in [1.29, 1.82) is 0 Å². The maximum atomic E-state index is 12.1. The van der Waals surface area contributed by atoms with Gasteiger partial charge in [-0.15, -0.1) is 0 Å². The molecule has 5 atom stereocenters. The van der Waals surface area contributed by atoms with Crippen molar-refractivity contribution in [2.45, 2.75) is 69.7 Å². The van der Waals surface area contributed by atoms with Crippen LogP contribution in [0.3, 0.4) is 0 Å². The molecule has 3 aliphatic rings. The van der Waals surface area contributed by atoms with Crippen LogP contribution in [0.4, 0.5) is 4.79 Å². The van der Waals surface area contributed by atoms with Gasteiger partial charge in [-0.1, -0.05) is 13.3 Å². The molecule has 2 bridgehead atoms. The fourth-order valence-electron chi connectivity index (χ4n) is 3.83. The summed E-state index contributed by atoms with van der Waals surface area (Å²) in [5, 5.41) is 15.6. The van der Waals surface area contributed by atoms with Gasteiger partial charge >= 0.3 is 6.03 Å². The largest absolute Gasteiger partial charge is 0.396 e. The Hall–Kier alpha value is -0.810. The number of ether oxygens (including phenoxy) is 1. The Kier molecular flexibility index (Phi) is 3.43. The molecule has 0 aromatic carbocycles. The number of amides is 2. The number of carbonyl (C=O) groups excluding carboxylic acids is 1. The van der Waals surface area contributed by atoms with E-state index in [4.69, 9.17) is 4.74 Å². The number of hydrogen-bond acceptors (Lipinski definition) is 3. The SMILES string of the molecule is CC1(CO)CCCC1NC(=O)NC1CC2CCC1O2. The molecule has 3 rings (SSSR count). The minimum absolute atomic E-state index is 0.0806. The first-order valence-electron chi connectivity index (χ1n) is 7.44. The van der Waals surface area contributed by atoms with Gasteiger partial charge in [0.15, 0.2) is 0 Å². The summed E-state index contributed by atoms with van der Waals surface area (Å²) in [5.41, 5.74) is -0.164. The number of aliphatic hydroxyl groups excluding tert-OH is 1. The van der Waals surface area contributed by atoms with E-state index in [1.165, 1.54) is 0 Å². The van der Waals surface area contributed by atoms with Crippen molar-refractivity contribution in [3.05, 3.63) is 0 Å². The molecule has 0 spiro atoms. The van der Waals surface area contributed by atoms with Crippen LogP contribution in [-0.4, -0.2) is 42.0 Å². The highest BCUT2D eigenvalue weighted by Crippen LogP contribution is 2.37. The molecule has 5 unspecified atom stereocenters. The van der Waals surface area contributed by atoms with Gasteiger partial charge in [-0.05, 0) is 32.1 Å². The molecule has 2 aliphatic heterocycles. The molecule has 19 heavy (non-hydrogen) atoms. The van der Waals surface area contributed by atoms with Crippen LogP contribution >= 0.6 is 0 Å². The first-order valence-corrected chi connectivity index (χ1v) is 7.44. The number of nitrogens with one attached hydrogen (secondary N) is 2. The van der Waals surface area contributed by atoms with Crippen LogP contribution in [0, 0.1) is 5.41 Å². The van der Waals surface area contributed by atoms with Gasteiger partial charge in [-0.3, -0.25) is 0 Å². The van der Waals surface area contributed by atoms with Crippen LogP contribution < -0.4 is 10.6 Å². The molecule has 1 aliphatic carbocycles. The summed E-state index contributed by atoms with van der Waals surface area (Å²) in [4.78, 5) is 12.1. The number of urea groups is 1. The standard InChI is InChI=1S/C14H24N2O3/c1-14(8-17)6-2-3-12(14)16-13(18)15-10-7-9-4-5-11(10)19-9/h9-12,17H,2-8H2,1H3,(H2,15,16,18). The van der Waals surface area contributed by atoms with Gasteiger partial charge in [-0.25, -0.2) is 4.79 Å². The molecule has 0 aromatic rings. The molecule has 5 heteroatoms. The molecule has 108 valence electrons. The summed E-state index contributed by atoms with van der Waals surface area (Å²) in [7, 11) is 0. The van der Waals surface area contributed by atoms with Gasteiger partial charge in [-0.2, -0.15) is 0 Å². The van der Waals surface area contributed by atoms with Crippen molar-refractivity contribution >= 4 is 6.03 Å². The number of carbonyl (C=O) groups is 1. The van der Waals surface area contributed by atoms with E-state index in [2.05, 4.69) is 10.6 Å². The predicted molar refractivity (Wildman–Crippen MR) is 70.8 cm³/mol. The summed E-state index contributed by atoms with van der Waals surface area (Å²) in [6, 6.07) is 0.144. The van der Waals surface area contributed by atoms with Crippen LogP contribution in [-0.2, 0) is 4.74 Å². The molecule has 2 heterocycles. The molecule has 2 amide bonds. The number of rotatable bonds is 3. The van der Waals surface area contributed by atoms with E-state index in [9.17, 15) is 9.90 Å². The minimum atomic E-state index is -0.164. The molecule has 0 aromatic heterocycles. The van der Waals surface area contributed by atoms with Crippen molar-refractivity contribution in [3.8, 4) is 0 Å². The molecule has 1 saturated carbocycles. The van der Waals surface area contributed by atoms with Crippen molar-refractivity contribution in [3.63, 3.8) is 0 Å². The Bertz CT molecular complexity index is 363. The van der Waals surface area contributed by atoms with Gasteiger partial charge in [0.25, 0.3) is 0 Å². The zero-order valence-electron chi connectivity index (χ0n) is 11.5. The minimum Gasteiger partial charge on any atom is -0.396 e. The van der Waals surface area contributed by atoms with E-state index in [-0.39, 0.29) is 36.2 Å². The third kappa shape index (κ3) is 2.46. The first-order chi connectivity index (χ1) is 9.10. The van der Waals surface area contributed by atoms with Gasteiger partial charge < -0.3 is 20.5 Å². The van der Waals surface area contributed by atoms with Crippen molar-refractivity contribution in [2.24, 2.45) is 5.41 Å². The zero-order chi connectivity index (χ0) is 13.5. The van der Waals surface area contributed by atoms with E-state index in [1.54, 1.807) is 0 Å².